The van der Waals surface area contributed by atoms with Gasteiger partial charge in [0.05, 0.1) is 24.1 Å². The van der Waals surface area contributed by atoms with Crippen LogP contribution in [0.3, 0.4) is 0 Å². The second kappa shape index (κ2) is 7.49. The van der Waals surface area contributed by atoms with Gasteiger partial charge in [0.25, 0.3) is 11.7 Å². The van der Waals surface area contributed by atoms with E-state index < -0.39 is 11.7 Å². The van der Waals surface area contributed by atoms with Crippen molar-refractivity contribution in [3.63, 3.8) is 0 Å². The van der Waals surface area contributed by atoms with Crippen molar-refractivity contribution in [3.8, 4) is 11.3 Å². The molecule has 0 atom stereocenters. The Morgan fingerprint density at radius 3 is 2.56 bits per heavy atom. The van der Waals surface area contributed by atoms with Crippen LogP contribution in [0.25, 0.3) is 22.2 Å². The Balaban J connectivity index is 1.98. The van der Waals surface area contributed by atoms with Crippen LogP contribution in [0.2, 0.25) is 0 Å². The number of ether oxygens (including phenoxy) is 1. The van der Waals surface area contributed by atoms with E-state index in [1.54, 1.807) is 0 Å². The Morgan fingerprint density at radius 2 is 1.80 bits per heavy atom. The number of aromatic nitrogens is 1. The molecule has 5 nitrogen and oxygen atoms in total. The van der Waals surface area contributed by atoms with Crippen molar-refractivity contribution >= 4 is 22.6 Å². The Hall–Kier alpha value is -3.34. The van der Waals surface area contributed by atoms with E-state index in [0.717, 1.165) is 16.5 Å². The summed E-state index contributed by atoms with van der Waals surface area (Å²) < 4.78 is 4.95. The molecule has 2 aromatic carbocycles. The largest absolute Gasteiger partial charge is 0.500 e. The van der Waals surface area contributed by atoms with E-state index in [0.29, 0.717) is 11.3 Å². The van der Waals surface area contributed by atoms with Crippen LogP contribution in [0.15, 0.2) is 67.4 Å². The third kappa shape index (κ3) is 3.45. The lowest BCUT2D eigenvalue weighted by Crippen LogP contribution is -2.33. The van der Waals surface area contributed by atoms with Gasteiger partial charge in [-0.15, -0.1) is 0 Å². The summed E-state index contributed by atoms with van der Waals surface area (Å²) in [4.78, 5) is 28.3. The van der Waals surface area contributed by atoms with Crippen LogP contribution < -0.4 is 5.32 Å². The number of carbonyl (C=O) groups is 2. The maximum Gasteiger partial charge on any atom is 0.292 e. The van der Waals surface area contributed by atoms with Crippen LogP contribution in [0.1, 0.15) is 10.4 Å². The minimum absolute atomic E-state index is 0.236. The first-order chi connectivity index (χ1) is 12.2. The van der Waals surface area contributed by atoms with Gasteiger partial charge in [-0.25, -0.2) is 0 Å². The molecule has 0 fully saturated rings. The number of hydrogen-bond donors (Lipinski definition) is 2. The summed E-state index contributed by atoms with van der Waals surface area (Å²) in [5.74, 6) is -1.23. The zero-order valence-electron chi connectivity index (χ0n) is 13.6. The van der Waals surface area contributed by atoms with Crippen molar-refractivity contribution in [1.82, 2.24) is 10.3 Å². The summed E-state index contributed by atoms with van der Waals surface area (Å²) in [6, 6.07) is 16.9. The van der Waals surface area contributed by atoms with Crippen molar-refractivity contribution in [2.24, 2.45) is 0 Å². The summed E-state index contributed by atoms with van der Waals surface area (Å²) >= 11 is 0. The van der Waals surface area contributed by atoms with E-state index in [-0.39, 0.29) is 13.2 Å². The molecule has 25 heavy (non-hydrogen) atoms. The van der Waals surface area contributed by atoms with Crippen LogP contribution in [0.4, 0.5) is 0 Å². The molecular formula is C20H18N2O3. The van der Waals surface area contributed by atoms with Gasteiger partial charge in [0.1, 0.15) is 6.61 Å². The van der Waals surface area contributed by atoms with Gasteiger partial charge in [0.15, 0.2) is 0 Å². The molecule has 0 aliphatic carbocycles. The van der Waals surface area contributed by atoms with Crippen molar-refractivity contribution < 1.29 is 14.3 Å². The fourth-order valence-corrected chi connectivity index (χ4v) is 2.70. The highest BCUT2D eigenvalue weighted by Crippen LogP contribution is 2.30. The van der Waals surface area contributed by atoms with Crippen molar-refractivity contribution in [1.29, 1.82) is 0 Å². The number of carbonyl (C=O) groups excluding carboxylic acids is 2. The fraction of sp³-hybridized carbons (Fsp3) is 0.100. The number of nitrogens with one attached hydrogen (secondary N) is 2. The minimum Gasteiger partial charge on any atom is -0.500 e. The number of rotatable bonds is 7. The Kier molecular flexibility index (Phi) is 4.95. The molecule has 0 spiro atoms. The Labute approximate surface area is 145 Å². The molecule has 3 rings (SSSR count). The fourth-order valence-electron chi connectivity index (χ4n) is 2.70. The monoisotopic (exact) mass is 334 g/mol. The number of hydrogen-bond acceptors (Lipinski definition) is 3. The lowest BCUT2D eigenvalue weighted by molar-refractivity contribution is -0.117. The van der Waals surface area contributed by atoms with Crippen molar-refractivity contribution in [2.45, 2.75) is 0 Å². The van der Waals surface area contributed by atoms with Gasteiger partial charge in [-0.1, -0.05) is 55.1 Å². The second-order valence-corrected chi connectivity index (χ2v) is 5.41. The summed E-state index contributed by atoms with van der Waals surface area (Å²) in [7, 11) is 0. The van der Waals surface area contributed by atoms with Crippen molar-refractivity contribution in [2.75, 3.05) is 13.2 Å². The number of amides is 1. The number of fused-ring (bicyclic) bond motifs is 1. The first-order valence-electron chi connectivity index (χ1n) is 7.93. The second-order valence-electron chi connectivity index (χ2n) is 5.41. The Bertz CT molecular complexity index is 913. The van der Waals surface area contributed by atoms with Crippen LogP contribution >= 0.6 is 0 Å². The lowest BCUT2D eigenvalue weighted by atomic mass is 10.0. The molecule has 1 heterocycles. The van der Waals surface area contributed by atoms with Gasteiger partial charge in [0, 0.05) is 10.9 Å². The number of H-pyrrole nitrogens is 1. The van der Waals surface area contributed by atoms with Crippen molar-refractivity contribution in [3.05, 3.63) is 73.0 Å². The van der Waals surface area contributed by atoms with E-state index in [1.807, 2.05) is 54.6 Å². The number of Topliss-reactive ketones (excluding diaryl/α,β-unsaturated/α-hetero) is 1. The van der Waals surface area contributed by atoms with E-state index in [1.165, 1.54) is 6.26 Å². The molecule has 0 bridgehead atoms. The molecule has 1 aromatic heterocycles. The van der Waals surface area contributed by atoms with Gasteiger partial charge in [-0.3, -0.25) is 9.59 Å². The van der Waals surface area contributed by atoms with E-state index >= 15 is 0 Å². The molecule has 2 N–H and O–H groups in total. The average molecular weight is 334 g/mol. The van der Waals surface area contributed by atoms with Gasteiger partial charge >= 0.3 is 0 Å². The molecule has 0 aliphatic heterocycles. The molecule has 0 saturated carbocycles. The first kappa shape index (κ1) is 16.5. The molecule has 0 saturated heterocycles. The zero-order valence-corrected chi connectivity index (χ0v) is 13.6. The Morgan fingerprint density at radius 1 is 1.08 bits per heavy atom. The van der Waals surface area contributed by atoms with Crippen LogP contribution in [-0.2, 0) is 9.53 Å². The summed E-state index contributed by atoms with van der Waals surface area (Å²) in [6.45, 7) is 3.93. The maximum atomic E-state index is 12.8. The number of aromatic amines is 1. The molecule has 0 unspecified atom stereocenters. The highest BCUT2D eigenvalue weighted by atomic mass is 16.5. The molecule has 0 radical (unpaired) electrons. The van der Waals surface area contributed by atoms with E-state index in [9.17, 15) is 9.59 Å². The average Bonchev–Trinajstić information content (AvgIpc) is 3.04. The molecule has 0 aliphatic rings. The number of benzene rings is 2. The molecular weight excluding hydrogens is 316 g/mol. The predicted molar refractivity (Wildman–Crippen MR) is 97.2 cm³/mol. The highest BCUT2D eigenvalue weighted by molar-refractivity contribution is 6.46. The molecule has 1 amide bonds. The van der Waals surface area contributed by atoms with E-state index in [2.05, 4.69) is 16.9 Å². The standard InChI is InChI=1S/C20H18N2O3/c1-2-25-13-12-21-20(24)19(23)17-15-10-6-7-11-16(15)22-18(17)14-8-4-3-5-9-14/h2-11,22H,1,12-13H2,(H,21,24). The molecule has 3 aromatic rings. The lowest BCUT2D eigenvalue weighted by Gasteiger charge is -2.06. The van der Waals surface area contributed by atoms with Crippen LogP contribution in [0, 0.1) is 0 Å². The quantitative estimate of drug-likeness (QED) is 0.301. The minimum atomic E-state index is -0.658. The van der Waals surface area contributed by atoms with Gasteiger partial charge in [0.2, 0.25) is 0 Å². The first-order valence-corrected chi connectivity index (χ1v) is 7.93. The summed E-state index contributed by atoms with van der Waals surface area (Å²) in [6.07, 6.45) is 1.29. The molecule has 126 valence electrons. The maximum absolute atomic E-state index is 12.8. The number of ketones is 1. The van der Waals surface area contributed by atoms with Gasteiger partial charge in [-0.2, -0.15) is 0 Å². The molecule has 5 heteroatoms. The zero-order chi connectivity index (χ0) is 17.6. The summed E-state index contributed by atoms with van der Waals surface area (Å²) in [5, 5.41) is 3.30. The van der Waals surface area contributed by atoms with E-state index in [4.69, 9.17) is 4.74 Å². The third-order valence-electron chi connectivity index (χ3n) is 3.83. The highest BCUT2D eigenvalue weighted by Gasteiger charge is 2.24. The van der Waals surface area contributed by atoms with Crippen LogP contribution in [-0.4, -0.2) is 29.8 Å². The predicted octanol–water partition coefficient (Wildman–Crippen LogP) is 3.29. The smallest absolute Gasteiger partial charge is 0.292 e. The summed E-state index contributed by atoms with van der Waals surface area (Å²) in [5.41, 5.74) is 2.69. The number of para-hydroxylation sites is 1. The van der Waals surface area contributed by atoms with Gasteiger partial charge in [-0.05, 0) is 11.6 Å². The third-order valence-corrected chi connectivity index (χ3v) is 3.83. The van der Waals surface area contributed by atoms with Gasteiger partial charge < -0.3 is 15.0 Å². The normalized spacial score (nSPS) is 10.4. The SMILES string of the molecule is C=COCCNC(=O)C(=O)c1c(-c2ccccc2)[nH]c2ccccc12. The topological polar surface area (TPSA) is 71.2 Å². The van der Waals surface area contributed by atoms with Crippen LogP contribution in [0.5, 0.6) is 0 Å².